The van der Waals surface area contributed by atoms with Crippen molar-refractivity contribution in [2.24, 2.45) is 29.1 Å². The molecule has 0 aliphatic heterocycles. The summed E-state index contributed by atoms with van der Waals surface area (Å²) in [5.41, 5.74) is 0.00256. The molecule has 3 heteroatoms. The first kappa shape index (κ1) is 14.0. The fourth-order valence-electron chi connectivity index (χ4n) is 6.22. The Morgan fingerprint density at radius 3 is 1.95 bits per heavy atom. The molecule has 0 unspecified atom stereocenters. The van der Waals surface area contributed by atoms with Crippen LogP contribution in [0, 0.1) is 29.1 Å². The lowest BCUT2D eigenvalue weighted by Gasteiger charge is -2.56. The van der Waals surface area contributed by atoms with Crippen LogP contribution in [0.4, 0.5) is 0 Å². The van der Waals surface area contributed by atoms with E-state index in [9.17, 15) is 9.90 Å². The third kappa shape index (κ3) is 2.52. The summed E-state index contributed by atoms with van der Waals surface area (Å²) in [5, 5.41) is 12.6. The zero-order valence-electron chi connectivity index (χ0n) is 13.0. The predicted octanol–water partition coefficient (Wildman–Crippen LogP) is 2.87. The van der Waals surface area contributed by atoms with Gasteiger partial charge >= 0.3 is 0 Å². The number of carbonyl (C=O) groups excluding carboxylic acids is 1. The highest BCUT2D eigenvalue weighted by Crippen LogP contribution is 2.60. The number of aliphatic hydroxyl groups excluding tert-OH is 1. The summed E-state index contributed by atoms with van der Waals surface area (Å²) in [6.45, 7) is 0.315. The van der Waals surface area contributed by atoms with Gasteiger partial charge in [-0.05, 0) is 87.9 Å². The van der Waals surface area contributed by atoms with Crippen LogP contribution >= 0.6 is 0 Å². The van der Waals surface area contributed by atoms with Crippen LogP contribution in [0.2, 0.25) is 0 Å². The zero-order chi connectivity index (χ0) is 14.4. The number of carbonyl (C=O) groups is 1. The summed E-state index contributed by atoms with van der Waals surface area (Å²) >= 11 is 0. The van der Waals surface area contributed by atoms with E-state index in [1.807, 2.05) is 0 Å². The Labute approximate surface area is 127 Å². The lowest BCUT2D eigenvalue weighted by Crippen LogP contribution is -2.55. The van der Waals surface area contributed by atoms with Crippen LogP contribution in [0.1, 0.15) is 64.2 Å². The van der Waals surface area contributed by atoms with Gasteiger partial charge in [0.25, 0.3) is 0 Å². The molecule has 0 aromatic carbocycles. The van der Waals surface area contributed by atoms with Gasteiger partial charge in [-0.2, -0.15) is 0 Å². The molecule has 5 saturated carbocycles. The second kappa shape index (κ2) is 5.26. The molecule has 21 heavy (non-hydrogen) atoms. The third-order valence-corrected chi connectivity index (χ3v) is 6.96. The zero-order valence-corrected chi connectivity index (χ0v) is 13.0. The Kier molecular flexibility index (Phi) is 3.52. The van der Waals surface area contributed by atoms with Gasteiger partial charge in [0.2, 0.25) is 5.91 Å². The Hall–Kier alpha value is -0.570. The molecule has 0 spiro atoms. The summed E-state index contributed by atoms with van der Waals surface area (Å²) in [4.78, 5) is 13.0. The molecular weight excluding hydrogens is 262 g/mol. The largest absolute Gasteiger partial charge is 0.396 e. The average Bonchev–Trinajstić information content (AvgIpc) is 2.46. The van der Waals surface area contributed by atoms with Crippen molar-refractivity contribution in [2.45, 2.75) is 70.3 Å². The highest BCUT2D eigenvalue weighted by molar-refractivity contribution is 5.83. The SMILES string of the molecule is O=C(NC1CCC(CO)CC1)C12CC3CC(CC(C3)C1)C2. The second-order valence-corrected chi connectivity index (χ2v) is 8.57. The summed E-state index contributed by atoms with van der Waals surface area (Å²) < 4.78 is 0. The van der Waals surface area contributed by atoms with E-state index in [0.717, 1.165) is 62.7 Å². The average molecular weight is 291 g/mol. The molecule has 0 atom stereocenters. The van der Waals surface area contributed by atoms with Gasteiger partial charge in [0.1, 0.15) is 0 Å². The van der Waals surface area contributed by atoms with Gasteiger partial charge in [0.15, 0.2) is 0 Å². The Balaban J connectivity index is 1.39. The van der Waals surface area contributed by atoms with Crippen LogP contribution in [-0.4, -0.2) is 23.7 Å². The Bertz CT molecular complexity index is 376. The predicted molar refractivity (Wildman–Crippen MR) is 81.6 cm³/mol. The molecule has 0 aromatic heterocycles. The van der Waals surface area contributed by atoms with Crippen molar-refractivity contribution in [3.05, 3.63) is 0 Å². The van der Waals surface area contributed by atoms with E-state index in [0.29, 0.717) is 24.5 Å². The highest BCUT2D eigenvalue weighted by atomic mass is 16.3. The second-order valence-electron chi connectivity index (χ2n) is 8.57. The van der Waals surface area contributed by atoms with Crippen molar-refractivity contribution in [1.29, 1.82) is 0 Å². The van der Waals surface area contributed by atoms with Gasteiger partial charge in [-0.1, -0.05) is 0 Å². The Morgan fingerprint density at radius 1 is 0.952 bits per heavy atom. The molecule has 0 saturated heterocycles. The van der Waals surface area contributed by atoms with Gasteiger partial charge < -0.3 is 10.4 Å². The molecule has 5 aliphatic rings. The number of rotatable bonds is 3. The van der Waals surface area contributed by atoms with E-state index in [1.54, 1.807) is 0 Å². The van der Waals surface area contributed by atoms with E-state index in [1.165, 1.54) is 19.3 Å². The van der Waals surface area contributed by atoms with Crippen LogP contribution in [0.3, 0.4) is 0 Å². The van der Waals surface area contributed by atoms with Crippen LogP contribution in [0.15, 0.2) is 0 Å². The first-order valence-corrected chi connectivity index (χ1v) is 9.09. The monoisotopic (exact) mass is 291 g/mol. The van der Waals surface area contributed by atoms with Crippen molar-refractivity contribution in [2.75, 3.05) is 6.61 Å². The fraction of sp³-hybridized carbons (Fsp3) is 0.944. The van der Waals surface area contributed by atoms with Crippen LogP contribution in [-0.2, 0) is 4.79 Å². The van der Waals surface area contributed by atoms with Gasteiger partial charge in [-0.25, -0.2) is 0 Å². The van der Waals surface area contributed by atoms with E-state index in [4.69, 9.17) is 0 Å². The first-order chi connectivity index (χ1) is 10.2. The summed E-state index contributed by atoms with van der Waals surface area (Å²) in [6.07, 6.45) is 11.9. The van der Waals surface area contributed by atoms with Crippen molar-refractivity contribution >= 4 is 5.91 Å². The molecule has 118 valence electrons. The molecule has 2 N–H and O–H groups in total. The molecule has 1 amide bonds. The van der Waals surface area contributed by atoms with Gasteiger partial charge in [-0.15, -0.1) is 0 Å². The molecule has 0 aromatic rings. The molecular formula is C18H29NO2. The number of nitrogens with one attached hydrogen (secondary N) is 1. The minimum Gasteiger partial charge on any atom is -0.396 e. The molecule has 4 bridgehead atoms. The van der Waals surface area contributed by atoms with Gasteiger partial charge in [-0.3, -0.25) is 4.79 Å². The quantitative estimate of drug-likeness (QED) is 0.840. The highest BCUT2D eigenvalue weighted by Gasteiger charge is 2.54. The third-order valence-electron chi connectivity index (χ3n) is 6.96. The van der Waals surface area contributed by atoms with Crippen LogP contribution in [0.5, 0.6) is 0 Å². The van der Waals surface area contributed by atoms with Crippen molar-refractivity contribution in [3.63, 3.8) is 0 Å². The van der Waals surface area contributed by atoms with E-state index < -0.39 is 0 Å². The fourth-order valence-corrected chi connectivity index (χ4v) is 6.22. The summed E-state index contributed by atoms with van der Waals surface area (Å²) in [5.74, 6) is 3.37. The number of amides is 1. The number of hydrogen-bond acceptors (Lipinski definition) is 2. The summed E-state index contributed by atoms with van der Waals surface area (Å²) in [7, 11) is 0. The standard InChI is InChI=1S/C18H29NO2/c20-11-12-1-3-16(4-2-12)19-17(21)18-8-13-5-14(9-18)7-15(6-13)10-18/h12-16,20H,1-11H2,(H,19,21). The van der Waals surface area contributed by atoms with Crippen molar-refractivity contribution < 1.29 is 9.90 Å². The lowest BCUT2D eigenvalue weighted by molar-refractivity contribution is -0.147. The van der Waals surface area contributed by atoms with Gasteiger partial charge in [0, 0.05) is 18.1 Å². The maximum absolute atomic E-state index is 13.0. The minimum atomic E-state index is 0.00256. The molecule has 5 rings (SSSR count). The Morgan fingerprint density at radius 2 is 1.48 bits per heavy atom. The number of hydrogen-bond donors (Lipinski definition) is 2. The molecule has 0 radical (unpaired) electrons. The lowest BCUT2D eigenvalue weighted by atomic mass is 9.49. The van der Waals surface area contributed by atoms with Gasteiger partial charge in [0.05, 0.1) is 0 Å². The van der Waals surface area contributed by atoms with E-state index in [-0.39, 0.29) is 5.41 Å². The van der Waals surface area contributed by atoms with E-state index in [2.05, 4.69) is 5.32 Å². The van der Waals surface area contributed by atoms with Crippen molar-refractivity contribution in [3.8, 4) is 0 Å². The van der Waals surface area contributed by atoms with Crippen LogP contribution < -0.4 is 5.32 Å². The molecule has 5 aliphatic carbocycles. The molecule has 3 nitrogen and oxygen atoms in total. The topological polar surface area (TPSA) is 49.3 Å². The van der Waals surface area contributed by atoms with Crippen molar-refractivity contribution in [1.82, 2.24) is 5.32 Å². The van der Waals surface area contributed by atoms with E-state index >= 15 is 0 Å². The number of aliphatic hydroxyl groups is 1. The molecule has 0 heterocycles. The maximum atomic E-state index is 13.0. The smallest absolute Gasteiger partial charge is 0.226 e. The van der Waals surface area contributed by atoms with Crippen LogP contribution in [0.25, 0.3) is 0 Å². The molecule has 5 fully saturated rings. The summed E-state index contributed by atoms with van der Waals surface area (Å²) in [6, 6.07) is 0.369. The normalized spacial score (nSPS) is 48.3. The maximum Gasteiger partial charge on any atom is 0.226 e. The first-order valence-electron chi connectivity index (χ1n) is 9.09. The minimum absolute atomic E-state index is 0.00256.